The van der Waals surface area contributed by atoms with Gasteiger partial charge in [-0.05, 0) is 118 Å². The molecule has 0 saturated carbocycles. The van der Waals surface area contributed by atoms with E-state index in [2.05, 4.69) is 4.98 Å². The number of rotatable bonds is 13. The zero-order chi connectivity index (χ0) is 54.3. The number of allylic oxidation sites excluding steroid dienone is 1. The minimum absolute atomic E-state index is 0.0410. The number of nitrogens with zero attached hydrogens (tertiary/aromatic N) is 3. The van der Waals surface area contributed by atoms with Crippen LogP contribution in [0.4, 0.5) is 4.79 Å². The normalized spacial score (nSPS) is 36.1. The Morgan fingerprint density at radius 2 is 1.39 bits per heavy atom. The Morgan fingerprint density at radius 1 is 0.797 bits per heavy atom. The van der Waals surface area contributed by atoms with Gasteiger partial charge in [-0.3, -0.25) is 9.59 Å². The molecule has 1 aromatic heterocycles. The van der Waals surface area contributed by atoms with Gasteiger partial charge in [-0.2, -0.15) is 0 Å². The van der Waals surface area contributed by atoms with E-state index < -0.39 is 108 Å². The van der Waals surface area contributed by atoms with Gasteiger partial charge < -0.3 is 52.3 Å². The fourth-order valence-electron chi connectivity index (χ4n) is 10.8. The second-order valence-electron chi connectivity index (χ2n) is 21.0. The van der Waals surface area contributed by atoms with Gasteiger partial charge in [-0.25, -0.2) is 23.9 Å². The number of cyclic esters (lactones) is 1. The Hall–Kier alpha value is -5.34. The van der Waals surface area contributed by atoms with Crippen molar-refractivity contribution in [2.75, 3.05) is 28.3 Å². The average molecular weight is 1030 g/mol. The Labute approximate surface area is 435 Å². The van der Waals surface area contributed by atoms with Crippen molar-refractivity contribution in [2.45, 2.75) is 173 Å². The Bertz CT molecular complexity index is 2400. The first-order valence-electron chi connectivity index (χ1n) is 25.5. The van der Waals surface area contributed by atoms with Crippen LogP contribution in [-0.4, -0.2) is 151 Å². The van der Waals surface area contributed by atoms with Crippen LogP contribution in [-0.2, 0) is 57.0 Å². The van der Waals surface area contributed by atoms with Crippen molar-refractivity contribution in [1.82, 2.24) is 14.5 Å². The first-order chi connectivity index (χ1) is 35.0. The number of imidazole rings is 1. The number of likely N-dealkylation sites (N-methyl/N-ethyl adjacent to an activating group) is 1. The van der Waals surface area contributed by atoms with Crippen LogP contribution in [0.5, 0.6) is 0 Å². The average Bonchev–Trinajstić information content (AvgIpc) is 3.93. The van der Waals surface area contributed by atoms with Gasteiger partial charge in [0, 0.05) is 44.9 Å². The molecule has 0 N–H and O–H groups in total. The summed E-state index contributed by atoms with van der Waals surface area (Å²) in [4.78, 5) is 76.8. The standard InChI is InChI=1S/C56H77N3O15/c1-15-42-54(8,74-53(64)59-27-26-57-32-59)29-33(2)44(60)34(3)30-55(9,65-13)47(73-52-46(41(58(11)12)28-35(4)67-52)71-50(62)39-22-18-16-19-23-39)36(5)45(37(6)49(61)69-42)70-43-31-56(10,66-14)48(38(7)68-43)72-51(63)40-24-20-17-21-25-40/h16-27,29,32,34-38,41-43,45-48,52H,15,28,30-31H2,1-14H3/b33-29+/t34-,35-,36+,37-,38+,41+,42-,43+,45+,46?,47-,48+,52+,54+,55-,56-/m1/s1. The number of benzene rings is 2. The fourth-order valence-corrected chi connectivity index (χ4v) is 10.8. The lowest BCUT2D eigenvalue weighted by atomic mass is 9.76. The molecule has 2 aromatic carbocycles. The lowest BCUT2D eigenvalue weighted by molar-refractivity contribution is -0.318. The number of esters is 3. The summed E-state index contributed by atoms with van der Waals surface area (Å²) in [5.41, 5.74) is -3.23. The topological polar surface area (TPSA) is 199 Å². The molecule has 2 saturated heterocycles. The number of carbonyl (C=O) groups excluding carboxylic acids is 5. The minimum Gasteiger partial charge on any atom is -0.457 e. The number of ether oxygens (including phenoxy) is 10. The van der Waals surface area contributed by atoms with Gasteiger partial charge in [0.15, 0.2) is 36.2 Å². The number of hydrogen-bond donors (Lipinski definition) is 0. The minimum atomic E-state index is -1.66. The van der Waals surface area contributed by atoms with E-state index in [-0.39, 0.29) is 42.8 Å². The summed E-state index contributed by atoms with van der Waals surface area (Å²) < 4.78 is 66.4. The fraction of sp³-hybridized carbons (Fsp3) is 0.607. The molecular formula is C56H77N3O15. The number of ketones is 1. The van der Waals surface area contributed by atoms with Crippen molar-refractivity contribution in [1.29, 1.82) is 0 Å². The molecule has 4 heterocycles. The highest BCUT2D eigenvalue weighted by Gasteiger charge is 2.54. The van der Waals surface area contributed by atoms with Crippen molar-refractivity contribution < 1.29 is 71.3 Å². The second-order valence-corrected chi connectivity index (χ2v) is 21.0. The molecule has 0 aliphatic carbocycles. The van der Waals surface area contributed by atoms with Crippen LogP contribution in [0.1, 0.15) is 116 Å². The lowest BCUT2D eigenvalue weighted by Gasteiger charge is -2.50. The molecule has 0 radical (unpaired) electrons. The van der Waals surface area contributed by atoms with Crippen molar-refractivity contribution in [3.05, 3.63) is 102 Å². The molecule has 6 rings (SSSR count). The molecule has 3 aliphatic rings. The zero-order valence-corrected chi connectivity index (χ0v) is 45.4. The van der Waals surface area contributed by atoms with Crippen molar-refractivity contribution >= 4 is 29.8 Å². The molecule has 3 aromatic rings. The van der Waals surface area contributed by atoms with E-state index in [0.717, 1.165) is 4.57 Å². The number of hydrogen-bond acceptors (Lipinski definition) is 17. The number of carbonyl (C=O) groups is 5. The number of Topliss-reactive ketones (excluding diaryl/α,β-unsaturated/α-hetero) is 1. The molecule has 16 atom stereocenters. The van der Waals surface area contributed by atoms with Crippen LogP contribution < -0.4 is 0 Å². The quantitative estimate of drug-likeness (QED) is 0.118. The molecule has 74 heavy (non-hydrogen) atoms. The molecule has 0 spiro atoms. The maximum absolute atomic E-state index is 15.1. The van der Waals surface area contributed by atoms with Crippen LogP contribution in [0, 0.1) is 17.8 Å². The van der Waals surface area contributed by atoms with Gasteiger partial charge in [0.1, 0.15) is 18.0 Å². The molecule has 406 valence electrons. The van der Waals surface area contributed by atoms with E-state index in [9.17, 15) is 19.2 Å². The van der Waals surface area contributed by atoms with E-state index in [1.165, 1.54) is 39.0 Å². The summed E-state index contributed by atoms with van der Waals surface area (Å²) in [5.74, 6) is -4.85. The predicted octanol–water partition coefficient (Wildman–Crippen LogP) is 8.01. The highest BCUT2D eigenvalue weighted by Crippen LogP contribution is 2.42. The van der Waals surface area contributed by atoms with Crippen molar-refractivity contribution in [3.63, 3.8) is 0 Å². The molecule has 1 unspecified atom stereocenters. The van der Waals surface area contributed by atoms with E-state index in [1.54, 1.807) is 103 Å². The van der Waals surface area contributed by atoms with E-state index in [0.29, 0.717) is 17.5 Å². The molecule has 0 bridgehead atoms. The van der Waals surface area contributed by atoms with E-state index in [4.69, 9.17) is 47.4 Å². The van der Waals surface area contributed by atoms with Gasteiger partial charge in [0.05, 0.1) is 53.1 Å². The summed E-state index contributed by atoms with van der Waals surface area (Å²) in [7, 11) is 6.83. The maximum Gasteiger partial charge on any atom is 0.420 e. The van der Waals surface area contributed by atoms with E-state index >= 15 is 4.79 Å². The summed E-state index contributed by atoms with van der Waals surface area (Å²) in [5, 5.41) is 0. The molecule has 18 heteroatoms. The maximum atomic E-state index is 15.1. The van der Waals surface area contributed by atoms with Crippen LogP contribution in [0.2, 0.25) is 0 Å². The van der Waals surface area contributed by atoms with Crippen molar-refractivity contribution in [3.8, 4) is 0 Å². The number of methoxy groups -OCH3 is 2. The smallest absolute Gasteiger partial charge is 0.420 e. The van der Waals surface area contributed by atoms with Crippen LogP contribution in [0.25, 0.3) is 0 Å². The van der Waals surface area contributed by atoms with Crippen LogP contribution >= 0.6 is 0 Å². The SMILES string of the molecule is CC[C@H]1OC(=O)[C@H](C)[C@@H](O[C@H]2C[C@@](C)(OC)[C@@H](OC(=O)c3ccccc3)[C@H](C)O2)[C@H](C)[C@@H](O[C@@H]2O[C@H](C)C[C@H](N(C)C)C2OC(=O)c2ccccc2)[C@](C)(OC)C[C@@H](C)C(=O)/C(C)=C/[C@]1(C)OC(=O)n1ccnc1. The molecule has 2 fully saturated rings. The van der Waals surface area contributed by atoms with Crippen LogP contribution in [0.3, 0.4) is 0 Å². The lowest BCUT2D eigenvalue weighted by Crippen LogP contribution is -2.61. The number of aromatic nitrogens is 2. The largest absolute Gasteiger partial charge is 0.457 e. The molecule has 0 amide bonds. The predicted molar refractivity (Wildman–Crippen MR) is 271 cm³/mol. The Kier molecular flexibility index (Phi) is 19.2. The summed E-state index contributed by atoms with van der Waals surface area (Å²) in [6, 6.07) is 16.9. The van der Waals surface area contributed by atoms with E-state index in [1.807, 2.05) is 45.8 Å². The first kappa shape index (κ1) is 57.9. The third-order valence-corrected chi connectivity index (χ3v) is 15.0. The van der Waals surface area contributed by atoms with Gasteiger partial charge in [-0.1, -0.05) is 57.2 Å². The summed E-state index contributed by atoms with van der Waals surface area (Å²) >= 11 is 0. The molecule has 18 nitrogen and oxygen atoms in total. The highest BCUT2D eigenvalue weighted by molar-refractivity contribution is 5.96. The Balaban J connectivity index is 1.47. The summed E-state index contributed by atoms with van der Waals surface area (Å²) in [6.45, 7) is 17.6. The van der Waals surface area contributed by atoms with Gasteiger partial charge in [-0.15, -0.1) is 0 Å². The summed E-state index contributed by atoms with van der Waals surface area (Å²) in [6.07, 6.45) is -2.97. The Morgan fingerprint density at radius 3 is 1.95 bits per heavy atom. The zero-order valence-electron chi connectivity index (χ0n) is 45.4. The second kappa shape index (κ2) is 24.6. The molecular weight excluding hydrogens is 955 g/mol. The van der Waals surface area contributed by atoms with Gasteiger partial charge >= 0.3 is 24.0 Å². The highest BCUT2D eigenvalue weighted by atomic mass is 16.7. The van der Waals surface area contributed by atoms with Gasteiger partial charge in [0.25, 0.3) is 0 Å². The molecule has 3 aliphatic heterocycles. The van der Waals surface area contributed by atoms with Crippen molar-refractivity contribution in [2.24, 2.45) is 17.8 Å². The third kappa shape index (κ3) is 13.2. The third-order valence-electron chi connectivity index (χ3n) is 15.0. The van der Waals surface area contributed by atoms with Gasteiger partial charge in [0.2, 0.25) is 0 Å². The first-order valence-corrected chi connectivity index (χ1v) is 25.5. The monoisotopic (exact) mass is 1030 g/mol. The van der Waals surface area contributed by atoms with Crippen LogP contribution in [0.15, 0.2) is 91.0 Å².